The predicted octanol–water partition coefficient (Wildman–Crippen LogP) is 3.13. The summed E-state index contributed by atoms with van der Waals surface area (Å²) in [5, 5.41) is 26.9. The van der Waals surface area contributed by atoms with Crippen molar-refractivity contribution < 1.29 is 32.4 Å². The first kappa shape index (κ1) is 18.5. The summed E-state index contributed by atoms with van der Waals surface area (Å²) in [5.41, 5.74) is 1.57. The maximum absolute atomic E-state index is 11.1. The van der Waals surface area contributed by atoms with Crippen molar-refractivity contribution in [1.29, 1.82) is 0 Å². The molecule has 2 aromatic rings. The number of carbonyl (C=O) groups is 1. The molecule has 0 saturated heterocycles. The Morgan fingerprint density at radius 3 is 2.73 bits per heavy atom. The van der Waals surface area contributed by atoms with Gasteiger partial charge in [0.15, 0.2) is 0 Å². The molecule has 0 spiro atoms. The molecule has 8 heteroatoms. The molecule has 2 rings (SSSR count). The SMILES string of the molecule is Cc1nc(N=Nc2[c-]cccc2C(CO)C(=O)O)sc1C.[Cr]. The standard InChI is InChI=1S/C14H14N3O3S.Cr/c1-8-9(2)21-14(15-8)17-16-12-6-4-3-5-10(12)11(7-18)13(19)20;/h3-5,11,18H,7H2,1-2H3,(H,19,20);/q-1;. The third-order valence-electron chi connectivity index (χ3n) is 2.97. The summed E-state index contributed by atoms with van der Waals surface area (Å²) in [5.74, 6) is -2.16. The molecule has 1 atom stereocenters. The van der Waals surface area contributed by atoms with Crippen LogP contribution in [-0.2, 0) is 22.2 Å². The van der Waals surface area contributed by atoms with E-state index >= 15 is 0 Å². The average Bonchev–Trinajstić information content (AvgIpc) is 2.77. The number of aliphatic carboxylic acids is 1. The van der Waals surface area contributed by atoms with Crippen LogP contribution in [0.25, 0.3) is 0 Å². The van der Waals surface area contributed by atoms with Crippen LogP contribution in [0.2, 0.25) is 0 Å². The molecule has 0 aliphatic rings. The Morgan fingerprint density at radius 2 is 2.18 bits per heavy atom. The monoisotopic (exact) mass is 356 g/mol. The minimum Gasteiger partial charge on any atom is -0.481 e. The van der Waals surface area contributed by atoms with E-state index in [0.29, 0.717) is 16.4 Å². The molecule has 0 amide bonds. The molecule has 1 aromatic heterocycles. The summed E-state index contributed by atoms with van der Waals surface area (Å²) in [7, 11) is 0. The van der Waals surface area contributed by atoms with E-state index in [1.54, 1.807) is 18.2 Å². The van der Waals surface area contributed by atoms with E-state index in [9.17, 15) is 9.90 Å². The van der Waals surface area contributed by atoms with Crippen LogP contribution in [0, 0.1) is 19.9 Å². The van der Waals surface area contributed by atoms with Crippen LogP contribution >= 0.6 is 11.3 Å². The van der Waals surface area contributed by atoms with Gasteiger partial charge in [-0.3, -0.25) is 4.79 Å². The van der Waals surface area contributed by atoms with Crippen molar-refractivity contribution in [3.05, 3.63) is 40.4 Å². The van der Waals surface area contributed by atoms with Gasteiger partial charge in [-0.15, -0.1) is 10.7 Å². The van der Waals surface area contributed by atoms with Gasteiger partial charge in [-0.25, -0.2) is 4.98 Å². The number of aliphatic hydroxyl groups excluding tert-OH is 1. The number of carboxylic acids is 1. The van der Waals surface area contributed by atoms with Gasteiger partial charge in [0, 0.05) is 28.8 Å². The number of hydrogen-bond donors (Lipinski definition) is 2. The van der Waals surface area contributed by atoms with Crippen LogP contribution in [0.5, 0.6) is 0 Å². The zero-order chi connectivity index (χ0) is 15.4. The first-order valence-corrected chi connectivity index (χ1v) is 7.04. The summed E-state index contributed by atoms with van der Waals surface area (Å²) in [6, 6.07) is 7.70. The van der Waals surface area contributed by atoms with Gasteiger partial charge < -0.3 is 10.2 Å². The van der Waals surface area contributed by atoms with E-state index in [1.807, 2.05) is 13.8 Å². The summed E-state index contributed by atoms with van der Waals surface area (Å²) >= 11 is 1.41. The topological polar surface area (TPSA) is 95.1 Å². The Kier molecular flexibility index (Phi) is 6.84. The van der Waals surface area contributed by atoms with Gasteiger partial charge in [0.05, 0.1) is 11.6 Å². The van der Waals surface area contributed by atoms with E-state index in [-0.39, 0.29) is 17.4 Å². The van der Waals surface area contributed by atoms with E-state index in [0.717, 1.165) is 10.6 Å². The third-order valence-corrected chi connectivity index (χ3v) is 3.93. The van der Waals surface area contributed by atoms with E-state index in [1.165, 1.54) is 11.3 Å². The molecule has 0 fully saturated rings. The van der Waals surface area contributed by atoms with Crippen molar-refractivity contribution in [2.24, 2.45) is 10.2 Å². The van der Waals surface area contributed by atoms with Crippen molar-refractivity contribution in [2.45, 2.75) is 19.8 Å². The minimum atomic E-state index is -1.12. The molecular weight excluding hydrogens is 342 g/mol. The summed E-state index contributed by atoms with van der Waals surface area (Å²) < 4.78 is 0. The number of nitrogens with zero attached hydrogens (tertiary/aromatic N) is 3. The molecule has 1 heterocycles. The molecule has 0 aliphatic carbocycles. The number of aromatic nitrogens is 1. The molecular formula is C14H14CrN3O3S-. The van der Waals surface area contributed by atoms with Gasteiger partial charge in [-0.2, -0.15) is 29.4 Å². The molecule has 0 saturated carbocycles. The second-order valence-corrected chi connectivity index (χ2v) is 5.57. The maximum atomic E-state index is 11.1. The van der Waals surface area contributed by atoms with Crippen LogP contribution in [0.15, 0.2) is 28.4 Å². The van der Waals surface area contributed by atoms with E-state index in [4.69, 9.17) is 5.11 Å². The molecule has 116 valence electrons. The van der Waals surface area contributed by atoms with Gasteiger partial charge in [0.1, 0.15) is 0 Å². The van der Waals surface area contributed by atoms with Crippen LogP contribution < -0.4 is 0 Å². The minimum absolute atomic E-state index is 0. The van der Waals surface area contributed by atoms with Crippen LogP contribution in [0.3, 0.4) is 0 Å². The van der Waals surface area contributed by atoms with E-state index < -0.39 is 18.5 Å². The maximum Gasteiger partial charge on any atom is 0.301 e. The predicted molar refractivity (Wildman–Crippen MR) is 78.5 cm³/mol. The second kappa shape index (κ2) is 8.15. The molecule has 0 radical (unpaired) electrons. The summed E-state index contributed by atoms with van der Waals surface area (Å²) in [6.45, 7) is 3.32. The zero-order valence-electron chi connectivity index (χ0n) is 12.0. The molecule has 1 unspecified atom stereocenters. The fourth-order valence-electron chi connectivity index (χ4n) is 1.71. The number of aliphatic hydroxyl groups is 1. The fraction of sp³-hybridized carbons (Fsp3) is 0.286. The summed E-state index contributed by atoms with van der Waals surface area (Å²) in [4.78, 5) is 16.4. The number of azo groups is 1. The Labute approximate surface area is 142 Å². The van der Waals surface area contributed by atoms with Crippen molar-refractivity contribution in [1.82, 2.24) is 4.98 Å². The fourth-order valence-corrected chi connectivity index (χ4v) is 2.44. The number of aryl methyl sites for hydroxylation is 2. The molecule has 6 nitrogen and oxygen atoms in total. The van der Waals surface area contributed by atoms with Crippen molar-refractivity contribution in [3.63, 3.8) is 0 Å². The van der Waals surface area contributed by atoms with E-state index in [2.05, 4.69) is 21.3 Å². The smallest absolute Gasteiger partial charge is 0.301 e. The second-order valence-electron chi connectivity index (χ2n) is 4.39. The first-order valence-electron chi connectivity index (χ1n) is 6.23. The Bertz CT molecular complexity index is 668. The quantitative estimate of drug-likeness (QED) is 0.635. The van der Waals surface area contributed by atoms with Gasteiger partial charge in [0.25, 0.3) is 0 Å². The number of carboxylic acid groups (broad SMARTS) is 1. The van der Waals surface area contributed by atoms with Gasteiger partial charge in [0.2, 0.25) is 5.13 Å². The van der Waals surface area contributed by atoms with Gasteiger partial charge >= 0.3 is 5.97 Å². The Hall–Kier alpha value is -1.59. The molecule has 0 aliphatic heterocycles. The number of benzene rings is 1. The normalized spacial score (nSPS) is 12.1. The summed E-state index contributed by atoms with van der Waals surface area (Å²) in [6.07, 6.45) is 0. The number of rotatable bonds is 5. The van der Waals surface area contributed by atoms with Crippen LogP contribution in [0.1, 0.15) is 22.1 Å². The zero-order valence-corrected chi connectivity index (χ0v) is 14.1. The van der Waals surface area contributed by atoms with Crippen molar-refractivity contribution in [3.8, 4) is 0 Å². The molecule has 1 aromatic carbocycles. The van der Waals surface area contributed by atoms with Gasteiger partial charge in [-0.1, -0.05) is 11.3 Å². The van der Waals surface area contributed by atoms with Gasteiger partial charge in [-0.05, 0) is 19.5 Å². The van der Waals surface area contributed by atoms with Crippen molar-refractivity contribution in [2.75, 3.05) is 6.61 Å². The van der Waals surface area contributed by atoms with Crippen LogP contribution in [0.4, 0.5) is 10.8 Å². The third kappa shape index (κ3) is 4.21. The molecule has 2 N–H and O–H groups in total. The Morgan fingerprint density at radius 1 is 1.45 bits per heavy atom. The number of hydrogen-bond acceptors (Lipinski definition) is 6. The van der Waals surface area contributed by atoms with Crippen molar-refractivity contribution >= 4 is 28.1 Å². The molecule has 22 heavy (non-hydrogen) atoms. The molecule has 0 bridgehead atoms. The average molecular weight is 356 g/mol. The van der Waals surface area contributed by atoms with Crippen LogP contribution in [-0.4, -0.2) is 27.8 Å². The Balaban J connectivity index is 0.00000242. The first-order chi connectivity index (χ1) is 10.0. The largest absolute Gasteiger partial charge is 0.481 e. The number of thiazole rings is 1.